The molecule has 14 heavy (non-hydrogen) atoms. The molecule has 1 N–H and O–H groups in total. The van der Waals surface area contributed by atoms with Crippen molar-refractivity contribution in [2.24, 2.45) is 0 Å². The van der Waals surface area contributed by atoms with Crippen molar-refractivity contribution in [1.29, 1.82) is 0 Å². The van der Waals surface area contributed by atoms with E-state index in [2.05, 4.69) is 24.9 Å². The van der Waals surface area contributed by atoms with Gasteiger partial charge in [-0.2, -0.15) is 4.37 Å². The molecule has 2 aromatic rings. The molecule has 7 heteroatoms. The number of nitrogens with one attached hydrogen (secondary N) is 1. The Balaban J connectivity index is 1.94. The van der Waals surface area contributed by atoms with E-state index in [-0.39, 0.29) is 0 Å². The summed E-state index contributed by atoms with van der Waals surface area (Å²) in [6.45, 7) is 4.48. The second kappa shape index (κ2) is 3.97. The third kappa shape index (κ3) is 2.24. The van der Waals surface area contributed by atoms with Gasteiger partial charge in [-0.15, -0.1) is 10.2 Å². The molecule has 0 aliphatic heterocycles. The van der Waals surface area contributed by atoms with Gasteiger partial charge < -0.3 is 5.32 Å². The standard InChI is InChI=1S/C7H9N5S2/c1-4-9-7(14-12-4)8-3-6-11-10-5(2)13-6/h3H2,1-2H3,(H,8,9,12). The average molecular weight is 227 g/mol. The van der Waals surface area contributed by atoms with Crippen LogP contribution in [0.15, 0.2) is 0 Å². The summed E-state index contributed by atoms with van der Waals surface area (Å²) in [6, 6.07) is 0. The fourth-order valence-corrected chi connectivity index (χ4v) is 2.15. The van der Waals surface area contributed by atoms with E-state index in [0.717, 1.165) is 21.0 Å². The molecule has 0 saturated heterocycles. The Bertz CT molecular complexity index is 381. The van der Waals surface area contributed by atoms with Crippen molar-refractivity contribution in [3.63, 3.8) is 0 Å². The van der Waals surface area contributed by atoms with Crippen LogP contribution >= 0.6 is 22.9 Å². The van der Waals surface area contributed by atoms with E-state index < -0.39 is 0 Å². The first kappa shape index (κ1) is 9.47. The Labute approximate surface area is 89.4 Å². The van der Waals surface area contributed by atoms with Gasteiger partial charge in [0.25, 0.3) is 0 Å². The molecule has 0 atom stereocenters. The first-order chi connectivity index (χ1) is 6.74. The van der Waals surface area contributed by atoms with E-state index in [1.54, 1.807) is 11.3 Å². The Morgan fingerprint density at radius 2 is 2.14 bits per heavy atom. The Kier molecular flexibility index (Phi) is 2.69. The predicted molar refractivity (Wildman–Crippen MR) is 56.6 cm³/mol. The maximum atomic E-state index is 4.19. The van der Waals surface area contributed by atoms with Crippen molar-refractivity contribution in [3.8, 4) is 0 Å². The molecule has 0 amide bonds. The minimum absolute atomic E-state index is 0.667. The van der Waals surface area contributed by atoms with Crippen molar-refractivity contribution in [2.75, 3.05) is 5.32 Å². The Hall–Kier alpha value is -1.08. The highest BCUT2D eigenvalue weighted by molar-refractivity contribution is 7.11. The van der Waals surface area contributed by atoms with Crippen LogP contribution < -0.4 is 5.32 Å². The molecule has 74 valence electrons. The van der Waals surface area contributed by atoms with Crippen molar-refractivity contribution in [3.05, 3.63) is 15.8 Å². The fraction of sp³-hybridized carbons (Fsp3) is 0.429. The zero-order valence-corrected chi connectivity index (χ0v) is 9.45. The zero-order valence-electron chi connectivity index (χ0n) is 7.81. The lowest BCUT2D eigenvalue weighted by molar-refractivity contribution is 0.968. The van der Waals surface area contributed by atoms with Crippen LogP contribution in [0.2, 0.25) is 0 Å². The van der Waals surface area contributed by atoms with Gasteiger partial charge in [0.1, 0.15) is 15.8 Å². The van der Waals surface area contributed by atoms with E-state index in [1.807, 2.05) is 13.8 Å². The van der Waals surface area contributed by atoms with Gasteiger partial charge in [-0.3, -0.25) is 0 Å². The van der Waals surface area contributed by atoms with Crippen molar-refractivity contribution >= 4 is 28.0 Å². The number of hydrogen-bond acceptors (Lipinski definition) is 7. The first-order valence-electron chi connectivity index (χ1n) is 4.07. The number of rotatable bonds is 3. The number of hydrogen-bond donors (Lipinski definition) is 1. The predicted octanol–water partition coefficient (Wildman–Crippen LogP) is 1.62. The summed E-state index contributed by atoms with van der Waals surface area (Å²) >= 11 is 2.95. The highest BCUT2D eigenvalue weighted by Gasteiger charge is 2.02. The summed E-state index contributed by atoms with van der Waals surface area (Å²) in [4.78, 5) is 4.19. The number of aryl methyl sites for hydroxylation is 2. The first-order valence-corrected chi connectivity index (χ1v) is 5.66. The second-order valence-electron chi connectivity index (χ2n) is 2.72. The van der Waals surface area contributed by atoms with Crippen LogP contribution in [-0.2, 0) is 6.54 Å². The van der Waals surface area contributed by atoms with E-state index in [1.165, 1.54) is 11.5 Å². The number of anilines is 1. The van der Waals surface area contributed by atoms with Gasteiger partial charge in [-0.1, -0.05) is 11.3 Å². The highest BCUT2D eigenvalue weighted by atomic mass is 32.1. The largest absolute Gasteiger partial charge is 0.354 e. The minimum Gasteiger partial charge on any atom is -0.354 e. The molecular formula is C7H9N5S2. The van der Waals surface area contributed by atoms with Crippen LogP contribution in [0.5, 0.6) is 0 Å². The molecule has 0 saturated carbocycles. The van der Waals surface area contributed by atoms with Crippen LogP contribution in [0.4, 0.5) is 5.13 Å². The van der Waals surface area contributed by atoms with Crippen molar-refractivity contribution in [1.82, 2.24) is 19.6 Å². The van der Waals surface area contributed by atoms with Gasteiger partial charge in [0, 0.05) is 11.5 Å². The third-order valence-corrected chi connectivity index (χ3v) is 3.09. The van der Waals surface area contributed by atoms with Crippen LogP contribution in [-0.4, -0.2) is 19.6 Å². The Morgan fingerprint density at radius 1 is 1.29 bits per heavy atom. The normalized spacial score (nSPS) is 10.4. The van der Waals surface area contributed by atoms with Crippen molar-refractivity contribution < 1.29 is 0 Å². The molecular weight excluding hydrogens is 218 g/mol. The van der Waals surface area contributed by atoms with E-state index >= 15 is 0 Å². The molecule has 0 bridgehead atoms. The minimum atomic E-state index is 0.667. The van der Waals surface area contributed by atoms with Crippen LogP contribution in [0, 0.1) is 13.8 Å². The zero-order chi connectivity index (χ0) is 9.97. The van der Waals surface area contributed by atoms with E-state index in [0.29, 0.717) is 6.54 Å². The topological polar surface area (TPSA) is 63.6 Å². The lowest BCUT2D eigenvalue weighted by Gasteiger charge is -1.95. The maximum Gasteiger partial charge on any atom is 0.202 e. The van der Waals surface area contributed by atoms with Gasteiger partial charge in [-0.05, 0) is 13.8 Å². The SMILES string of the molecule is Cc1nsc(NCc2nnc(C)s2)n1. The van der Waals surface area contributed by atoms with Gasteiger partial charge in [0.15, 0.2) is 0 Å². The second-order valence-corrected chi connectivity index (χ2v) is 4.73. The van der Waals surface area contributed by atoms with E-state index in [4.69, 9.17) is 0 Å². The molecule has 0 radical (unpaired) electrons. The molecule has 0 unspecified atom stereocenters. The fourth-order valence-electron chi connectivity index (χ4n) is 0.929. The van der Waals surface area contributed by atoms with Gasteiger partial charge >= 0.3 is 0 Å². The third-order valence-electron chi connectivity index (χ3n) is 1.49. The molecule has 5 nitrogen and oxygen atoms in total. The molecule has 2 aromatic heterocycles. The van der Waals surface area contributed by atoms with Gasteiger partial charge in [0.2, 0.25) is 5.13 Å². The summed E-state index contributed by atoms with van der Waals surface area (Å²) in [5.41, 5.74) is 0. The van der Waals surface area contributed by atoms with Gasteiger partial charge in [0.05, 0.1) is 6.54 Å². The van der Waals surface area contributed by atoms with Crippen LogP contribution in [0.25, 0.3) is 0 Å². The smallest absolute Gasteiger partial charge is 0.202 e. The summed E-state index contributed by atoms with van der Waals surface area (Å²) in [7, 11) is 0. The summed E-state index contributed by atoms with van der Waals surface area (Å²) in [5, 5.41) is 13.9. The molecule has 0 aromatic carbocycles. The van der Waals surface area contributed by atoms with Gasteiger partial charge in [-0.25, -0.2) is 4.98 Å². The van der Waals surface area contributed by atoms with Crippen LogP contribution in [0.3, 0.4) is 0 Å². The highest BCUT2D eigenvalue weighted by Crippen LogP contribution is 2.13. The van der Waals surface area contributed by atoms with Crippen LogP contribution in [0.1, 0.15) is 15.8 Å². The lowest BCUT2D eigenvalue weighted by atomic mass is 10.7. The lowest BCUT2D eigenvalue weighted by Crippen LogP contribution is -1.98. The molecule has 0 aliphatic carbocycles. The monoisotopic (exact) mass is 227 g/mol. The Morgan fingerprint density at radius 3 is 2.71 bits per heavy atom. The summed E-state index contributed by atoms with van der Waals surface area (Å²) in [6.07, 6.45) is 0. The number of nitrogens with zero attached hydrogens (tertiary/aromatic N) is 4. The molecule has 0 spiro atoms. The summed E-state index contributed by atoms with van der Waals surface area (Å²) < 4.78 is 4.07. The molecule has 0 fully saturated rings. The van der Waals surface area contributed by atoms with Crippen molar-refractivity contribution in [2.45, 2.75) is 20.4 Å². The summed E-state index contributed by atoms with van der Waals surface area (Å²) in [5.74, 6) is 0.797. The molecule has 2 rings (SSSR count). The molecule has 2 heterocycles. The number of aromatic nitrogens is 4. The van der Waals surface area contributed by atoms with E-state index in [9.17, 15) is 0 Å². The maximum absolute atomic E-state index is 4.19. The quantitative estimate of drug-likeness (QED) is 0.863. The average Bonchev–Trinajstić information content (AvgIpc) is 2.72. The molecule has 0 aliphatic rings.